The molecule has 0 amide bonds. The predicted octanol–water partition coefficient (Wildman–Crippen LogP) is 0.881. The second kappa shape index (κ2) is 6.05. The first-order chi connectivity index (χ1) is 8.06. The van der Waals surface area contributed by atoms with Gasteiger partial charge in [-0.15, -0.1) is 0 Å². The van der Waals surface area contributed by atoms with E-state index in [4.69, 9.17) is 27.4 Å². The van der Waals surface area contributed by atoms with E-state index in [0.29, 0.717) is 17.1 Å². The van der Waals surface area contributed by atoms with Crippen LogP contribution in [0.2, 0.25) is 0 Å². The van der Waals surface area contributed by atoms with Gasteiger partial charge in [0.2, 0.25) is 0 Å². The molecule has 0 bridgehead atoms. The Morgan fingerprint density at radius 1 is 1.29 bits per heavy atom. The van der Waals surface area contributed by atoms with E-state index in [0.717, 1.165) is 0 Å². The lowest BCUT2D eigenvalue weighted by Gasteiger charge is -2.09. The summed E-state index contributed by atoms with van der Waals surface area (Å²) in [6.07, 6.45) is 0. The summed E-state index contributed by atoms with van der Waals surface area (Å²) < 4.78 is 14.8. The molecule has 0 saturated carbocycles. The first-order valence-corrected chi connectivity index (χ1v) is 5.16. The van der Waals surface area contributed by atoms with Crippen molar-refractivity contribution >= 4 is 23.2 Å². The first-order valence-electron chi connectivity index (χ1n) is 4.75. The van der Waals surface area contributed by atoms with Crippen molar-refractivity contribution in [3.8, 4) is 11.5 Å². The third-order valence-corrected chi connectivity index (χ3v) is 2.22. The Balaban J connectivity index is 2.87. The lowest BCUT2D eigenvalue weighted by Crippen LogP contribution is -2.14. The fraction of sp³-hybridized carbons (Fsp3) is 0.273. The highest BCUT2D eigenvalue weighted by atomic mass is 32.1. The smallest absolute Gasteiger partial charge is 0.343 e. The Hall–Kier alpha value is -1.82. The fourth-order valence-electron chi connectivity index (χ4n) is 1.12. The maximum atomic E-state index is 10.9. The average Bonchev–Trinajstić information content (AvgIpc) is 2.35. The molecule has 0 aliphatic carbocycles. The van der Waals surface area contributed by atoms with Crippen molar-refractivity contribution in [3.63, 3.8) is 0 Å². The van der Waals surface area contributed by atoms with Crippen molar-refractivity contribution in [3.05, 3.63) is 23.8 Å². The predicted molar refractivity (Wildman–Crippen MR) is 66.4 cm³/mol. The quantitative estimate of drug-likeness (QED) is 0.622. The van der Waals surface area contributed by atoms with E-state index in [9.17, 15) is 4.79 Å². The van der Waals surface area contributed by atoms with E-state index in [1.807, 2.05) is 0 Å². The molecule has 0 unspecified atom stereocenters. The summed E-state index contributed by atoms with van der Waals surface area (Å²) in [5, 5.41) is 0. The average molecular weight is 255 g/mol. The lowest BCUT2D eigenvalue weighted by molar-refractivity contribution is -0.142. The molecule has 6 heteroatoms. The molecule has 0 atom stereocenters. The Morgan fingerprint density at radius 3 is 2.47 bits per heavy atom. The molecular formula is C11H13NO4S. The SMILES string of the molecule is COC(=O)COc1cc(OC)cc(C(N)=S)c1. The van der Waals surface area contributed by atoms with Gasteiger partial charge < -0.3 is 19.9 Å². The zero-order chi connectivity index (χ0) is 12.8. The molecule has 5 nitrogen and oxygen atoms in total. The molecule has 92 valence electrons. The zero-order valence-corrected chi connectivity index (χ0v) is 10.4. The van der Waals surface area contributed by atoms with Crippen molar-refractivity contribution in [2.24, 2.45) is 5.73 Å². The molecule has 1 rings (SSSR count). The Morgan fingerprint density at radius 2 is 1.94 bits per heavy atom. The summed E-state index contributed by atoms with van der Waals surface area (Å²) >= 11 is 4.86. The molecule has 1 aromatic carbocycles. The van der Waals surface area contributed by atoms with Gasteiger partial charge in [0, 0.05) is 11.6 Å². The standard InChI is InChI=1S/C11H13NO4S/c1-14-8-3-7(11(12)17)4-9(5-8)16-6-10(13)15-2/h3-5H,6H2,1-2H3,(H2,12,17). The molecule has 0 spiro atoms. The van der Waals surface area contributed by atoms with Gasteiger partial charge in [-0.1, -0.05) is 12.2 Å². The van der Waals surface area contributed by atoms with Gasteiger partial charge >= 0.3 is 5.97 Å². The number of ether oxygens (including phenoxy) is 3. The van der Waals surface area contributed by atoms with Gasteiger partial charge in [0.05, 0.1) is 14.2 Å². The molecule has 0 radical (unpaired) electrons. The molecule has 1 aromatic rings. The van der Waals surface area contributed by atoms with Crippen molar-refractivity contribution in [2.45, 2.75) is 0 Å². The minimum atomic E-state index is -0.468. The topological polar surface area (TPSA) is 70.8 Å². The summed E-state index contributed by atoms with van der Waals surface area (Å²) in [4.78, 5) is 11.2. The molecule has 0 aliphatic heterocycles. The maximum Gasteiger partial charge on any atom is 0.343 e. The summed E-state index contributed by atoms with van der Waals surface area (Å²) in [6.45, 7) is -0.180. The molecule has 17 heavy (non-hydrogen) atoms. The Kier molecular flexibility index (Phi) is 4.71. The van der Waals surface area contributed by atoms with E-state index < -0.39 is 5.97 Å². The van der Waals surface area contributed by atoms with Crippen LogP contribution in [0.15, 0.2) is 18.2 Å². The molecule has 0 heterocycles. The summed E-state index contributed by atoms with van der Waals surface area (Å²) in [5.41, 5.74) is 6.13. The number of benzene rings is 1. The van der Waals surface area contributed by atoms with Crippen LogP contribution in [0.5, 0.6) is 11.5 Å². The monoisotopic (exact) mass is 255 g/mol. The van der Waals surface area contributed by atoms with E-state index in [-0.39, 0.29) is 11.6 Å². The van der Waals surface area contributed by atoms with E-state index in [2.05, 4.69) is 4.74 Å². The van der Waals surface area contributed by atoms with Gasteiger partial charge in [-0.2, -0.15) is 0 Å². The van der Waals surface area contributed by atoms with Gasteiger partial charge in [-0.05, 0) is 12.1 Å². The van der Waals surface area contributed by atoms with E-state index >= 15 is 0 Å². The number of thiocarbonyl (C=S) groups is 1. The maximum absolute atomic E-state index is 10.9. The van der Waals surface area contributed by atoms with Gasteiger partial charge in [-0.3, -0.25) is 0 Å². The van der Waals surface area contributed by atoms with Crippen LogP contribution in [0, 0.1) is 0 Å². The molecule has 0 aliphatic rings. The van der Waals surface area contributed by atoms with E-state index in [1.54, 1.807) is 18.2 Å². The summed E-state index contributed by atoms with van der Waals surface area (Å²) in [5.74, 6) is 0.525. The number of nitrogens with two attached hydrogens (primary N) is 1. The third-order valence-electron chi connectivity index (χ3n) is 1.98. The molecular weight excluding hydrogens is 242 g/mol. The number of rotatable bonds is 5. The number of hydrogen-bond donors (Lipinski definition) is 1. The van der Waals surface area contributed by atoms with Crippen LogP contribution in [0.1, 0.15) is 5.56 Å². The van der Waals surface area contributed by atoms with E-state index in [1.165, 1.54) is 14.2 Å². The molecule has 0 fully saturated rings. The number of methoxy groups -OCH3 is 2. The first kappa shape index (κ1) is 13.2. The van der Waals surface area contributed by atoms with Crippen LogP contribution in [-0.4, -0.2) is 31.8 Å². The Bertz CT molecular complexity index is 433. The third kappa shape index (κ3) is 3.92. The van der Waals surface area contributed by atoms with Crippen molar-refractivity contribution in [1.82, 2.24) is 0 Å². The van der Waals surface area contributed by atoms with Crippen LogP contribution in [0.3, 0.4) is 0 Å². The number of carbonyl (C=O) groups excluding carboxylic acids is 1. The molecule has 0 saturated heterocycles. The highest BCUT2D eigenvalue weighted by Crippen LogP contribution is 2.22. The highest BCUT2D eigenvalue weighted by Gasteiger charge is 2.07. The fourth-order valence-corrected chi connectivity index (χ4v) is 1.23. The second-order valence-electron chi connectivity index (χ2n) is 3.13. The van der Waals surface area contributed by atoms with Crippen LogP contribution in [-0.2, 0) is 9.53 Å². The highest BCUT2D eigenvalue weighted by molar-refractivity contribution is 7.80. The van der Waals surface area contributed by atoms with Crippen LogP contribution in [0.4, 0.5) is 0 Å². The number of esters is 1. The summed E-state index contributed by atoms with van der Waals surface area (Å²) in [7, 11) is 2.81. The minimum Gasteiger partial charge on any atom is -0.497 e. The number of hydrogen-bond acceptors (Lipinski definition) is 5. The van der Waals surface area contributed by atoms with Gasteiger partial charge in [0.15, 0.2) is 6.61 Å². The van der Waals surface area contributed by atoms with Crippen LogP contribution >= 0.6 is 12.2 Å². The Labute approximate surface area is 104 Å². The van der Waals surface area contributed by atoms with Gasteiger partial charge in [0.1, 0.15) is 16.5 Å². The van der Waals surface area contributed by atoms with Crippen molar-refractivity contribution in [2.75, 3.05) is 20.8 Å². The van der Waals surface area contributed by atoms with Gasteiger partial charge in [-0.25, -0.2) is 4.79 Å². The number of carbonyl (C=O) groups is 1. The second-order valence-corrected chi connectivity index (χ2v) is 3.57. The normalized spacial score (nSPS) is 9.53. The largest absolute Gasteiger partial charge is 0.497 e. The van der Waals surface area contributed by atoms with Crippen molar-refractivity contribution in [1.29, 1.82) is 0 Å². The van der Waals surface area contributed by atoms with Crippen LogP contribution < -0.4 is 15.2 Å². The van der Waals surface area contributed by atoms with Gasteiger partial charge in [0.25, 0.3) is 0 Å². The van der Waals surface area contributed by atoms with Crippen LogP contribution in [0.25, 0.3) is 0 Å². The molecule has 0 aromatic heterocycles. The zero-order valence-electron chi connectivity index (χ0n) is 9.56. The molecule has 2 N–H and O–H groups in total. The summed E-state index contributed by atoms with van der Waals surface area (Å²) in [6, 6.07) is 4.95. The lowest BCUT2D eigenvalue weighted by atomic mass is 10.2. The van der Waals surface area contributed by atoms with Crippen molar-refractivity contribution < 1.29 is 19.0 Å². The minimum absolute atomic E-state index is 0.180.